The molecule has 1 aromatic carbocycles. The van der Waals surface area contributed by atoms with E-state index in [9.17, 15) is 9.59 Å². The number of piperidine rings is 1. The lowest BCUT2D eigenvalue weighted by Crippen LogP contribution is -2.59. The van der Waals surface area contributed by atoms with E-state index in [1.54, 1.807) is 23.1 Å². The first-order chi connectivity index (χ1) is 10.5. The highest BCUT2D eigenvalue weighted by molar-refractivity contribution is 6.03. The topological polar surface area (TPSA) is 73.2 Å². The van der Waals surface area contributed by atoms with Crippen molar-refractivity contribution in [2.24, 2.45) is 0 Å². The van der Waals surface area contributed by atoms with Gasteiger partial charge in [0.2, 0.25) is 5.91 Å². The van der Waals surface area contributed by atoms with Crippen LogP contribution < -0.4 is 5.32 Å². The first-order valence-corrected chi connectivity index (χ1v) is 7.31. The zero-order valence-corrected chi connectivity index (χ0v) is 12.6. The van der Waals surface area contributed by atoms with Crippen LogP contribution in [0.5, 0.6) is 0 Å². The molecule has 5 heteroatoms. The van der Waals surface area contributed by atoms with E-state index in [1.807, 2.05) is 19.9 Å². The molecule has 1 aromatic rings. The highest BCUT2D eigenvalue weighted by atomic mass is 16.2. The molecule has 1 fully saturated rings. The minimum atomic E-state index is -0.852. The van der Waals surface area contributed by atoms with Crippen molar-refractivity contribution < 1.29 is 9.59 Å². The van der Waals surface area contributed by atoms with E-state index >= 15 is 0 Å². The Bertz CT molecular complexity index is 745. The van der Waals surface area contributed by atoms with Crippen molar-refractivity contribution in [3.05, 3.63) is 46.7 Å². The van der Waals surface area contributed by atoms with Gasteiger partial charge in [0.25, 0.3) is 5.91 Å². The van der Waals surface area contributed by atoms with E-state index in [2.05, 4.69) is 11.4 Å². The lowest BCUT2D eigenvalue weighted by Gasteiger charge is -2.40. The van der Waals surface area contributed by atoms with Gasteiger partial charge in [-0.3, -0.25) is 9.59 Å². The van der Waals surface area contributed by atoms with Gasteiger partial charge in [0.1, 0.15) is 5.54 Å². The summed E-state index contributed by atoms with van der Waals surface area (Å²) in [4.78, 5) is 26.8. The van der Waals surface area contributed by atoms with Crippen molar-refractivity contribution in [3.63, 3.8) is 0 Å². The van der Waals surface area contributed by atoms with Crippen molar-refractivity contribution in [1.29, 1.82) is 5.26 Å². The Morgan fingerprint density at radius 2 is 2.18 bits per heavy atom. The smallest absolute Gasteiger partial charge is 0.255 e. The van der Waals surface area contributed by atoms with Crippen LogP contribution >= 0.6 is 0 Å². The number of hydrogen-bond acceptors (Lipinski definition) is 3. The normalized spacial score (nSPS) is 25.9. The van der Waals surface area contributed by atoms with Gasteiger partial charge in [-0.15, -0.1) is 0 Å². The quantitative estimate of drug-likeness (QED) is 0.862. The standard InChI is InChI=1S/C17H17N3O2/c1-3-13-6-7-17(2,16(22)19-13)20-10-12-8-11(9-18)4-5-14(12)15(20)21/h3-5,8H,6-7,10H2,1-2H3,(H,19,22). The third-order valence-electron chi connectivity index (χ3n) is 4.63. The molecule has 0 radical (unpaired) electrons. The SMILES string of the molecule is CC=C1CCC(C)(N2Cc3cc(C#N)ccc3C2=O)C(=O)N1. The molecule has 2 aliphatic rings. The molecule has 1 unspecified atom stereocenters. The number of hydrogen-bond donors (Lipinski definition) is 1. The second-order valence-electron chi connectivity index (χ2n) is 5.92. The average Bonchev–Trinajstić information content (AvgIpc) is 2.87. The Morgan fingerprint density at radius 3 is 2.82 bits per heavy atom. The predicted molar refractivity (Wildman–Crippen MR) is 80.6 cm³/mol. The van der Waals surface area contributed by atoms with Crippen LogP contribution in [-0.4, -0.2) is 22.3 Å². The maximum absolute atomic E-state index is 12.6. The number of nitrogens with zero attached hydrogens (tertiary/aromatic N) is 2. The molecule has 5 nitrogen and oxygen atoms in total. The van der Waals surface area contributed by atoms with Gasteiger partial charge < -0.3 is 10.2 Å². The Balaban J connectivity index is 1.93. The molecule has 0 bridgehead atoms. The summed E-state index contributed by atoms with van der Waals surface area (Å²) in [6.45, 7) is 4.07. The van der Waals surface area contributed by atoms with E-state index in [0.29, 0.717) is 24.1 Å². The van der Waals surface area contributed by atoms with Crippen LogP contribution in [0.15, 0.2) is 30.0 Å². The van der Waals surface area contributed by atoms with E-state index in [0.717, 1.165) is 17.7 Å². The summed E-state index contributed by atoms with van der Waals surface area (Å²) in [6, 6.07) is 7.13. The fraction of sp³-hybridized carbons (Fsp3) is 0.353. The Morgan fingerprint density at radius 1 is 1.41 bits per heavy atom. The van der Waals surface area contributed by atoms with Crippen LogP contribution in [-0.2, 0) is 11.3 Å². The summed E-state index contributed by atoms with van der Waals surface area (Å²) >= 11 is 0. The highest BCUT2D eigenvalue weighted by Gasteiger charge is 2.47. The number of amides is 2. The monoisotopic (exact) mass is 295 g/mol. The molecule has 112 valence electrons. The molecule has 2 amide bonds. The second-order valence-corrected chi connectivity index (χ2v) is 5.92. The molecule has 3 rings (SSSR count). The van der Waals surface area contributed by atoms with Crippen LogP contribution in [0.4, 0.5) is 0 Å². The molecule has 1 saturated heterocycles. The zero-order valence-electron chi connectivity index (χ0n) is 12.6. The summed E-state index contributed by atoms with van der Waals surface area (Å²) in [5.41, 5.74) is 1.98. The van der Waals surface area contributed by atoms with Crippen molar-refractivity contribution in [2.75, 3.05) is 0 Å². The molecule has 0 saturated carbocycles. The van der Waals surface area contributed by atoms with Crippen LogP contribution in [0, 0.1) is 11.3 Å². The van der Waals surface area contributed by atoms with Crippen molar-refractivity contribution in [1.82, 2.24) is 10.2 Å². The maximum atomic E-state index is 12.6. The first-order valence-electron chi connectivity index (χ1n) is 7.31. The van der Waals surface area contributed by atoms with Gasteiger partial charge in [0, 0.05) is 17.8 Å². The van der Waals surface area contributed by atoms with Crippen LogP contribution in [0.1, 0.15) is 48.2 Å². The van der Waals surface area contributed by atoms with E-state index < -0.39 is 5.54 Å². The fourth-order valence-corrected chi connectivity index (χ4v) is 3.10. The van der Waals surface area contributed by atoms with Crippen molar-refractivity contribution in [3.8, 4) is 6.07 Å². The highest BCUT2D eigenvalue weighted by Crippen LogP contribution is 2.35. The third-order valence-corrected chi connectivity index (χ3v) is 4.63. The third kappa shape index (κ3) is 2.00. The van der Waals surface area contributed by atoms with Crippen molar-refractivity contribution >= 4 is 11.8 Å². The molecule has 1 atom stereocenters. The number of nitriles is 1. The largest absolute Gasteiger partial charge is 0.328 e. The van der Waals surface area contributed by atoms with E-state index in [1.165, 1.54) is 0 Å². The number of carbonyl (C=O) groups excluding carboxylic acids is 2. The first kappa shape index (κ1) is 14.3. The predicted octanol–water partition coefficient (Wildman–Crippen LogP) is 2.09. The summed E-state index contributed by atoms with van der Waals surface area (Å²) in [6.07, 6.45) is 3.23. The summed E-state index contributed by atoms with van der Waals surface area (Å²) in [5.74, 6) is -0.283. The molecule has 0 aliphatic carbocycles. The number of fused-ring (bicyclic) bond motifs is 1. The minimum absolute atomic E-state index is 0.138. The lowest BCUT2D eigenvalue weighted by molar-refractivity contribution is -0.132. The van der Waals surface area contributed by atoms with Crippen LogP contribution in [0.2, 0.25) is 0 Å². The molecule has 0 aromatic heterocycles. The van der Waals surface area contributed by atoms with Gasteiger partial charge in [-0.25, -0.2) is 0 Å². The molecule has 2 heterocycles. The molecular weight excluding hydrogens is 278 g/mol. The molecule has 22 heavy (non-hydrogen) atoms. The summed E-state index contributed by atoms with van der Waals surface area (Å²) in [7, 11) is 0. The van der Waals surface area contributed by atoms with E-state index in [4.69, 9.17) is 5.26 Å². The van der Waals surface area contributed by atoms with Crippen molar-refractivity contribution in [2.45, 2.75) is 38.8 Å². The Kier molecular flexibility index (Phi) is 3.25. The molecule has 2 aliphatic heterocycles. The fourth-order valence-electron chi connectivity index (χ4n) is 3.10. The number of benzene rings is 1. The van der Waals surface area contributed by atoms with E-state index in [-0.39, 0.29) is 11.8 Å². The number of carbonyl (C=O) groups is 2. The minimum Gasteiger partial charge on any atom is -0.328 e. The molecular formula is C17H17N3O2. The number of rotatable bonds is 1. The zero-order chi connectivity index (χ0) is 15.9. The number of nitrogens with one attached hydrogen (secondary N) is 1. The Labute approximate surface area is 129 Å². The van der Waals surface area contributed by atoms with Crippen LogP contribution in [0.25, 0.3) is 0 Å². The van der Waals surface area contributed by atoms with Gasteiger partial charge in [0.05, 0.1) is 11.6 Å². The summed E-state index contributed by atoms with van der Waals surface area (Å²) in [5, 5.41) is 11.9. The van der Waals surface area contributed by atoms with Gasteiger partial charge >= 0.3 is 0 Å². The molecule has 1 N–H and O–H groups in total. The Hall–Kier alpha value is -2.61. The number of allylic oxidation sites excluding steroid dienone is 2. The van der Waals surface area contributed by atoms with Gasteiger partial charge in [0.15, 0.2) is 0 Å². The summed E-state index contributed by atoms with van der Waals surface area (Å²) < 4.78 is 0. The average molecular weight is 295 g/mol. The van der Waals surface area contributed by atoms with Gasteiger partial charge in [-0.05, 0) is 50.5 Å². The van der Waals surface area contributed by atoms with Gasteiger partial charge in [-0.2, -0.15) is 5.26 Å². The second kappa shape index (κ2) is 4.99. The lowest BCUT2D eigenvalue weighted by atomic mass is 9.88. The van der Waals surface area contributed by atoms with Gasteiger partial charge in [-0.1, -0.05) is 6.08 Å². The molecule has 0 spiro atoms. The van der Waals surface area contributed by atoms with Crippen LogP contribution in [0.3, 0.4) is 0 Å². The maximum Gasteiger partial charge on any atom is 0.255 e.